The fourth-order valence-electron chi connectivity index (χ4n) is 2.64. The lowest BCUT2D eigenvalue weighted by molar-refractivity contribution is -0.119. The maximum Gasteiger partial charge on any atom is 0.242 e. The minimum atomic E-state index is -0.0172. The molecule has 1 aromatic rings. The third-order valence-corrected chi connectivity index (χ3v) is 4.13. The number of rotatable bonds is 11. The van der Waals surface area contributed by atoms with Crippen LogP contribution in [0.15, 0.2) is 23.2 Å². The Morgan fingerprint density at radius 1 is 1.21 bits per heavy atom. The van der Waals surface area contributed by atoms with Crippen LogP contribution in [0.5, 0.6) is 11.5 Å². The third kappa shape index (κ3) is 8.99. The molecule has 1 aliphatic rings. The normalized spacial score (nSPS) is 13.3. The third-order valence-electron chi connectivity index (χ3n) is 4.13. The number of nitrogens with zero attached hydrogens (tertiary/aromatic N) is 1. The molecule has 0 saturated heterocycles. The summed E-state index contributed by atoms with van der Waals surface area (Å²) in [6, 6.07) is 6.40. The molecule has 0 aromatic heterocycles. The molecule has 1 aromatic carbocycles. The van der Waals surface area contributed by atoms with Crippen molar-refractivity contribution in [3.63, 3.8) is 0 Å². The van der Waals surface area contributed by atoms with E-state index >= 15 is 0 Å². The number of halogens is 1. The minimum absolute atomic E-state index is 0. The quantitative estimate of drug-likeness (QED) is 0.187. The Balaban J connectivity index is 0.00000392. The predicted octanol–water partition coefficient (Wildman–Crippen LogP) is 2.48. The van der Waals surface area contributed by atoms with Crippen LogP contribution >= 0.6 is 24.0 Å². The van der Waals surface area contributed by atoms with Crippen LogP contribution in [0.25, 0.3) is 0 Å². The summed E-state index contributed by atoms with van der Waals surface area (Å²) in [5.41, 5.74) is 1.20. The van der Waals surface area contributed by atoms with E-state index in [1.54, 1.807) is 7.11 Å². The number of guanidine groups is 1. The van der Waals surface area contributed by atoms with E-state index in [9.17, 15) is 4.79 Å². The van der Waals surface area contributed by atoms with Gasteiger partial charge in [0.1, 0.15) is 6.54 Å². The van der Waals surface area contributed by atoms with Gasteiger partial charge in [-0.25, -0.2) is 4.99 Å². The van der Waals surface area contributed by atoms with Gasteiger partial charge in [0.05, 0.1) is 13.7 Å². The molecule has 3 N–H and O–H groups in total. The zero-order valence-electron chi connectivity index (χ0n) is 17.0. The smallest absolute Gasteiger partial charge is 0.242 e. The summed E-state index contributed by atoms with van der Waals surface area (Å²) in [5, 5.41) is 9.39. The Labute approximate surface area is 185 Å². The fraction of sp³-hybridized carbons (Fsp3) is 0.600. The summed E-state index contributed by atoms with van der Waals surface area (Å²) in [6.07, 6.45) is 4.03. The molecular weight excluding hydrogens is 471 g/mol. The second-order valence-electron chi connectivity index (χ2n) is 6.49. The summed E-state index contributed by atoms with van der Waals surface area (Å²) in [6.45, 7) is 6.26. The number of carbonyl (C=O) groups is 1. The Bertz CT molecular complexity index is 636. The molecule has 0 radical (unpaired) electrons. The topological polar surface area (TPSA) is 84.0 Å². The molecule has 7 nitrogen and oxygen atoms in total. The molecule has 0 heterocycles. The number of hydrogen-bond donors (Lipinski definition) is 3. The zero-order chi connectivity index (χ0) is 19.5. The second kappa shape index (κ2) is 13.5. The molecule has 1 amide bonds. The average molecular weight is 504 g/mol. The van der Waals surface area contributed by atoms with Crippen LogP contribution in [-0.4, -0.2) is 51.3 Å². The predicted molar refractivity (Wildman–Crippen MR) is 123 cm³/mol. The van der Waals surface area contributed by atoms with E-state index in [2.05, 4.69) is 27.0 Å². The maximum atomic E-state index is 11.8. The molecule has 2 rings (SSSR count). The number of amides is 1. The van der Waals surface area contributed by atoms with Gasteiger partial charge in [-0.1, -0.05) is 6.07 Å². The summed E-state index contributed by atoms with van der Waals surface area (Å²) in [5.74, 6) is 2.19. The monoisotopic (exact) mass is 504 g/mol. The number of nitrogens with one attached hydrogen (secondary N) is 3. The van der Waals surface area contributed by atoms with E-state index in [4.69, 9.17) is 9.47 Å². The van der Waals surface area contributed by atoms with Crippen LogP contribution in [0.4, 0.5) is 0 Å². The highest BCUT2D eigenvalue weighted by Gasteiger charge is 2.22. The van der Waals surface area contributed by atoms with Crippen LogP contribution in [0.2, 0.25) is 0 Å². The highest BCUT2D eigenvalue weighted by atomic mass is 127. The molecule has 1 fully saturated rings. The highest BCUT2D eigenvalue weighted by Crippen LogP contribution is 2.28. The van der Waals surface area contributed by atoms with Crippen molar-refractivity contribution in [3.8, 4) is 11.5 Å². The lowest BCUT2D eigenvalue weighted by Gasteiger charge is -2.13. The minimum Gasteiger partial charge on any atom is -0.493 e. The molecule has 0 spiro atoms. The maximum absolute atomic E-state index is 11.8. The number of carbonyl (C=O) groups excluding carboxylic acids is 1. The van der Waals surface area contributed by atoms with Gasteiger partial charge in [-0.15, -0.1) is 24.0 Å². The molecule has 28 heavy (non-hydrogen) atoms. The number of benzene rings is 1. The Kier molecular flexibility index (Phi) is 11.7. The van der Waals surface area contributed by atoms with Gasteiger partial charge in [0.25, 0.3) is 0 Å². The van der Waals surface area contributed by atoms with Crippen LogP contribution in [0, 0.1) is 0 Å². The Morgan fingerprint density at radius 3 is 2.64 bits per heavy atom. The molecular formula is C20H33IN4O3. The van der Waals surface area contributed by atoms with Crippen LogP contribution < -0.4 is 25.4 Å². The van der Waals surface area contributed by atoms with Crippen molar-refractivity contribution in [1.82, 2.24) is 16.0 Å². The number of aryl methyl sites for hydroxylation is 1. The van der Waals surface area contributed by atoms with Gasteiger partial charge in [0, 0.05) is 19.1 Å². The van der Waals surface area contributed by atoms with Crippen LogP contribution in [0.1, 0.15) is 38.7 Å². The number of ether oxygens (including phenoxy) is 2. The van der Waals surface area contributed by atoms with Crippen LogP contribution in [0.3, 0.4) is 0 Å². The van der Waals surface area contributed by atoms with Gasteiger partial charge in [0.2, 0.25) is 5.91 Å². The number of hydrogen-bond acceptors (Lipinski definition) is 4. The van der Waals surface area contributed by atoms with Crippen molar-refractivity contribution >= 4 is 35.8 Å². The summed E-state index contributed by atoms with van der Waals surface area (Å²) in [7, 11) is 1.65. The van der Waals surface area contributed by atoms with Gasteiger partial charge in [0.15, 0.2) is 17.5 Å². The first-order valence-corrected chi connectivity index (χ1v) is 9.77. The first-order valence-electron chi connectivity index (χ1n) is 9.77. The fourth-order valence-corrected chi connectivity index (χ4v) is 2.64. The van der Waals surface area contributed by atoms with Gasteiger partial charge >= 0.3 is 0 Å². The first kappa shape index (κ1) is 24.3. The molecule has 8 heteroatoms. The summed E-state index contributed by atoms with van der Waals surface area (Å²) >= 11 is 0. The van der Waals surface area contributed by atoms with E-state index < -0.39 is 0 Å². The zero-order valence-corrected chi connectivity index (χ0v) is 19.4. The van der Waals surface area contributed by atoms with Gasteiger partial charge < -0.3 is 25.4 Å². The van der Waals surface area contributed by atoms with Crippen molar-refractivity contribution in [2.24, 2.45) is 4.99 Å². The van der Waals surface area contributed by atoms with E-state index in [1.165, 1.54) is 5.56 Å². The Morgan fingerprint density at radius 2 is 2.00 bits per heavy atom. The van der Waals surface area contributed by atoms with E-state index in [-0.39, 0.29) is 36.4 Å². The highest BCUT2D eigenvalue weighted by molar-refractivity contribution is 14.0. The van der Waals surface area contributed by atoms with E-state index in [0.717, 1.165) is 50.3 Å². The second-order valence-corrected chi connectivity index (χ2v) is 6.49. The largest absolute Gasteiger partial charge is 0.493 e. The molecule has 0 bridgehead atoms. The Hall–Kier alpha value is -1.71. The molecule has 1 aliphatic carbocycles. The van der Waals surface area contributed by atoms with Crippen molar-refractivity contribution < 1.29 is 14.3 Å². The van der Waals surface area contributed by atoms with Gasteiger partial charge in [-0.3, -0.25) is 4.79 Å². The average Bonchev–Trinajstić information content (AvgIpc) is 3.47. The SMILES string of the molecule is CCNC(=NCC(=O)NC1CC1)NCCCc1ccc(OC)c(OCC)c1.I. The van der Waals surface area contributed by atoms with Gasteiger partial charge in [-0.05, 0) is 57.2 Å². The van der Waals surface area contributed by atoms with Crippen molar-refractivity contribution in [2.75, 3.05) is 33.4 Å². The molecule has 158 valence electrons. The lowest BCUT2D eigenvalue weighted by atomic mass is 10.1. The molecule has 0 atom stereocenters. The number of aliphatic imine (C=N–C) groups is 1. The van der Waals surface area contributed by atoms with E-state index in [1.807, 2.05) is 26.0 Å². The molecule has 0 unspecified atom stereocenters. The molecule has 0 aliphatic heterocycles. The number of methoxy groups -OCH3 is 1. The lowest BCUT2D eigenvalue weighted by Crippen LogP contribution is -2.39. The van der Waals surface area contributed by atoms with Gasteiger partial charge in [-0.2, -0.15) is 0 Å². The summed E-state index contributed by atoms with van der Waals surface area (Å²) < 4.78 is 10.9. The first-order chi connectivity index (χ1) is 13.2. The van der Waals surface area contributed by atoms with Crippen molar-refractivity contribution in [2.45, 2.75) is 45.6 Å². The summed E-state index contributed by atoms with van der Waals surface area (Å²) in [4.78, 5) is 16.1. The van der Waals surface area contributed by atoms with Crippen molar-refractivity contribution in [1.29, 1.82) is 0 Å². The van der Waals surface area contributed by atoms with E-state index in [0.29, 0.717) is 18.6 Å². The van der Waals surface area contributed by atoms with Crippen molar-refractivity contribution in [3.05, 3.63) is 23.8 Å². The van der Waals surface area contributed by atoms with Crippen LogP contribution in [-0.2, 0) is 11.2 Å². The molecule has 1 saturated carbocycles. The standard InChI is InChI=1S/C20H32N4O3.HI/c1-4-21-20(23-14-19(25)24-16-9-10-16)22-12-6-7-15-8-11-17(26-3)18(13-15)27-5-2;/h8,11,13,16H,4-7,9-10,12,14H2,1-3H3,(H,24,25)(H2,21,22,23);1H.